The Labute approximate surface area is 151 Å². The number of halogens is 6. The summed E-state index contributed by atoms with van der Waals surface area (Å²) in [4.78, 5) is 0. The molecule has 126 valence electrons. The maximum atomic E-state index is 12.9. The van der Waals surface area contributed by atoms with Gasteiger partial charge in [0.1, 0.15) is 0 Å². The van der Waals surface area contributed by atoms with Crippen LogP contribution < -0.4 is 0 Å². The molecule has 3 aromatic rings. The van der Waals surface area contributed by atoms with Gasteiger partial charge in [-0.25, -0.2) is 0 Å². The minimum atomic E-state index is -4.31. The maximum absolute atomic E-state index is 12.9. The van der Waals surface area contributed by atoms with Crippen LogP contribution in [0.25, 0.3) is 10.9 Å². The van der Waals surface area contributed by atoms with E-state index in [2.05, 4.69) is 0 Å². The maximum Gasteiger partial charge on any atom is 0.394 e. The highest BCUT2D eigenvalue weighted by atomic mass is 35.5. The molecule has 0 spiro atoms. The second-order valence-corrected chi connectivity index (χ2v) is 6.72. The van der Waals surface area contributed by atoms with Gasteiger partial charge in [0.15, 0.2) is 0 Å². The van der Waals surface area contributed by atoms with E-state index >= 15 is 0 Å². The minimum absolute atomic E-state index is 0.158. The number of alkyl halides is 3. The van der Waals surface area contributed by atoms with Gasteiger partial charge in [-0.3, -0.25) is 0 Å². The number of fused-ring (bicyclic) bond motifs is 1. The smallest absolute Gasteiger partial charge is 0.340 e. The zero-order valence-corrected chi connectivity index (χ0v) is 14.4. The topological polar surface area (TPSA) is 4.93 Å². The average Bonchev–Trinajstić information content (AvgIpc) is 2.77. The molecule has 0 saturated carbocycles. The van der Waals surface area contributed by atoms with Crippen molar-refractivity contribution in [2.24, 2.45) is 0 Å². The van der Waals surface area contributed by atoms with E-state index in [1.165, 1.54) is 6.07 Å². The lowest BCUT2D eigenvalue weighted by Gasteiger charge is -2.13. The summed E-state index contributed by atoms with van der Waals surface area (Å²) in [6, 6.07) is 11.6. The molecule has 1 nitrogen and oxygen atoms in total. The first-order chi connectivity index (χ1) is 11.2. The van der Waals surface area contributed by atoms with Crippen molar-refractivity contribution in [3.8, 4) is 0 Å². The molecule has 0 fully saturated rings. The molecule has 0 radical (unpaired) electrons. The van der Waals surface area contributed by atoms with Gasteiger partial charge in [0.2, 0.25) is 0 Å². The van der Waals surface area contributed by atoms with Crippen LogP contribution in [0.4, 0.5) is 13.2 Å². The second kappa shape index (κ2) is 6.51. The largest absolute Gasteiger partial charge is 0.394 e. The zero-order chi connectivity index (χ0) is 17.5. The fourth-order valence-electron chi connectivity index (χ4n) is 2.62. The Morgan fingerprint density at radius 1 is 0.875 bits per heavy atom. The van der Waals surface area contributed by atoms with Crippen LogP contribution >= 0.6 is 34.8 Å². The van der Waals surface area contributed by atoms with Gasteiger partial charge in [-0.1, -0.05) is 46.9 Å². The van der Waals surface area contributed by atoms with Gasteiger partial charge >= 0.3 is 6.18 Å². The SMILES string of the molecule is FC(F)(F)Cc1cc2cc(Cl)c(Cl)cc2n1Cc1ccc(Cl)cc1. The monoisotopic (exact) mass is 391 g/mol. The molecule has 7 heteroatoms. The summed E-state index contributed by atoms with van der Waals surface area (Å²) >= 11 is 17.9. The molecule has 3 rings (SSSR count). The Morgan fingerprint density at radius 3 is 2.12 bits per heavy atom. The molecule has 0 aliphatic heterocycles. The summed E-state index contributed by atoms with van der Waals surface area (Å²) in [6.07, 6.45) is -5.33. The van der Waals surface area contributed by atoms with Gasteiger partial charge in [0, 0.05) is 22.6 Å². The summed E-state index contributed by atoms with van der Waals surface area (Å²) in [5.41, 5.74) is 1.61. The van der Waals surface area contributed by atoms with E-state index < -0.39 is 12.6 Å². The summed E-state index contributed by atoms with van der Waals surface area (Å²) in [7, 11) is 0. The summed E-state index contributed by atoms with van der Waals surface area (Å²) in [5, 5.41) is 1.81. The van der Waals surface area contributed by atoms with Crippen LogP contribution in [0, 0.1) is 0 Å². The molecule has 0 aliphatic rings. The number of hydrogen-bond acceptors (Lipinski definition) is 0. The van der Waals surface area contributed by atoms with Gasteiger partial charge in [-0.05, 0) is 35.9 Å². The Kier molecular flexibility index (Phi) is 4.73. The van der Waals surface area contributed by atoms with Crippen molar-refractivity contribution in [1.29, 1.82) is 0 Å². The van der Waals surface area contributed by atoms with Crippen LogP contribution in [0.3, 0.4) is 0 Å². The Morgan fingerprint density at radius 2 is 1.50 bits per heavy atom. The molecule has 1 aromatic heterocycles. The van der Waals surface area contributed by atoms with Gasteiger partial charge in [-0.15, -0.1) is 0 Å². The summed E-state index contributed by atoms with van der Waals surface area (Å²) in [6.45, 7) is 0.282. The van der Waals surface area contributed by atoms with Gasteiger partial charge in [0.25, 0.3) is 0 Å². The standard InChI is InChI=1S/C17H11Cl3F3N/c18-12-3-1-10(2-4-12)9-24-13(8-17(21,22)23)5-11-6-14(19)15(20)7-16(11)24/h1-7H,8-9H2. The second-order valence-electron chi connectivity index (χ2n) is 5.47. The molecule has 0 amide bonds. The molecule has 24 heavy (non-hydrogen) atoms. The van der Waals surface area contributed by atoms with Crippen LogP contribution in [-0.2, 0) is 13.0 Å². The van der Waals surface area contributed by atoms with E-state index in [4.69, 9.17) is 34.8 Å². The van der Waals surface area contributed by atoms with Crippen molar-refractivity contribution in [1.82, 2.24) is 4.57 Å². The van der Waals surface area contributed by atoms with E-state index in [1.807, 2.05) is 0 Å². The van der Waals surface area contributed by atoms with Crippen molar-refractivity contribution >= 4 is 45.7 Å². The first kappa shape index (κ1) is 17.5. The Balaban J connectivity index is 2.12. The van der Waals surface area contributed by atoms with Crippen molar-refractivity contribution in [2.75, 3.05) is 0 Å². The molecule has 0 aliphatic carbocycles. The predicted octanol–water partition coefficient (Wildman–Crippen LogP) is 6.75. The highest BCUT2D eigenvalue weighted by Crippen LogP contribution is 2.33. The minimum Gasteiger partial charge on any atom is -0.340 e. The highest BCUT2D eigenvalue weighted by Gasteiger charge is 2.30. The van der Waals surface area contributed by atoms with Gasteiger partial charge < -0.3 is 4.57 Å². The van der Waals surface area contributed by atoms with Crippen LogP contribution in [-0.4, -0.2) is 10.7 Å². The van der Waals surface area contributed by atoms with Gasteiger partial charge in [-0.2, -0.15) is 13.2 Å². The molecule has 0 saturated heterocycles. The lowest BCUT2D eigenvalue weighted by Crippen LogP contribution is -2.15. The van der Waals surface area contributed by atoms with Crippen molar-refractivity contribution in [2.45, 2.75) is 19.1 Å². The van der Waals surface area contributed by atoms with Gasteiger partial charge in [0.05, 0.1) is 22.0 Å². The Bertz CT molecular complexity index is 883. The van der Waals surface area contributed by atoms with Crippen molar-refractivity contribution < 1.29 is 13.2 Å². The fourth-order valence-corrected chi connectivity index (χ4v) is 3.08. The molecule has 0 atom stereocenters. The first-order valence-electron chi connectivity index (χ1n) is 7.01. The van der Waals surface area contributed by atoms with Crippen molar-refractivity contribution in [3.63, 3.8) is 0 Å². The summed E-state index contributed by atoms with van der Waals surface area (Å²) in [5.74, 6) is 0. The fraction of sp³-hybridized carbons (Fsp3) is 0.176. The molecule has 0 N–H and O–H groups in total. The lowest BCUT2D eigenvalue weighted by molar-refractivity contribution is -0.128. The number of aromatic nitrogens is 1. The van der Waals surface area contributed by atoms with Crippen LogP contribution in [0.2, 0.25) is 15.1 Å². The third-order valence-corrected chi connectivity index (χ3v) is 4.64. The van der Waals surface area contributed by atoms with E-state index in [0.29, 0.717) is 26.0 Å². The van der Waals surface area contributed by atoms with E-state index in [9.17, 15) is 13.2 Å². The number of hydrogen-bond donors (Lipinski definition) is 0. The highest BCUT2D eigenvalue weighted by molar-refractivity contribution is 6.42. The van der Waals surface area contributed by atoms with E-state index in [1.54, 1.807) is 41.0 Å². The van der Waals surface area contributed by atoms with E-state index in [-0.39, 0.29) is 12.2 Å². The number of rotatable bonds is 3. The first-order valence-corrected chi connectivity index (χ1v) is 8.15. The molecule has 0 bridgehead atoms. The third kappa shape index (κ3) is 3.82. The zero-order valence-electron chi connectivity index (χ0n) is 12.2. The van der Waals surface area contributed by atoms with Crippen molar-refractivity contribution in [3.05, 3.63) is 68.8 Å². The molecular weight excluding hydrogens is 382 g/mol. The van der Waals surface area contributed by atoms with E-state index in [0.717, 1.165) is 5.56 Å². The number of nitrogens with zero attached hydrogens (tertiary/aromatic N) is 1. The Hall–Kier alpha value is -1.36. The quantitative estimate of drug-likeness (QED) is 0.464. The third-order valence-electron chi connectivity index (χ3n) is 3.66. The number of benzene rings is 2. The summed E-state index contributed by atoms with van der Waals surface area (Å²) < 4.78 is 40.4. The average molecular weight is 393 g/mol. The van der Waals surface area contributed by atoms with Crippen LogP contribution in [0.5, 0.6) is 0 Å². The molecule has 0 unspecified atom stereocenters. The molecular formula is C17H11Cl3F3N. The molecule has 2 aromatic carbocycles. The lowest BCUT2D eigenvalue weighted by atomic mass is 10.2. The van der Waals surface area contributed by atoms with Crippen LogP contribution in [0.1, 0.15) is 11.3 Å². The predicted molar refractivity (Wildman–Crippen MR) is 92.3 cm³/mol. The van der Waals surface area contributed by atoms with Crippen LogP contribution in [0.15, 0.2) is 42.5 Å². The normalized spacial score (nSPS) is 12.1. The molecule has 1 heterocycles.